The van der Waals surface area contributed by atoms with Gasteiger partial charge in [0.05, 0.1) is 19.9 Å². The average Bonchev–Trinajstić information content (AvgIpc) is 3.13. The van der Waals surface area contributed by atoms with Gasteiger partial charge in [0.2, 0.25) is 5.91 Å². The Bertz CT molecular complexity index is 792. The van der Waals surface area contributed by atoms with Gasteiger partial charge in [-0.3, -0.25) is 9.69 Å². The molecule has 1 aliphatic rings. The van der Waals surface area contributed by atoms with Crippen molar-refractivity contribution in [2.75, 3.05) is 25.7 Å². The van der Waals surface area contributed by atoms with E-state index >= 15 is 0 Å². The number of ether oxygens (including phenoxy) is 2. The van der Waals surface area contributed by atoms with Crippen molar-refractivity contribution in [2.24, 2.45) is 0 Å². The van der Waals surface area contributed by atoms with Crippen LogP contribution in [0.25, 0.3) is 0 Å². The van der Waals surface area contributed by atoms with Gasteiger partial charge in [0, 0.05) is 17.8 Å². The Kier molecular flexibility index (Phi) is 6.50. The van der Waals surface area contributed by atoms with Crippen molar-refractivity contribution in [2.45, 2.75) is 38.5 Å². The van der Waals surface area contributed by atoms with E-state index in [4.69, 9.17) is 14.5 Å². The molecular formula is C21H26N2O3S. The Balaban J connectivity index is 1.75. The standard InChI is InChI=1S/C21H26N2O3S/c1-4-14-23(21-22-16-9-5-6-11-18(16)27-21)19(24)13-12-15-8-7-10-17(25-2)20(15)26-3/h4,7-8,10H,1,5-6,9,11-14H2,2-3H3. The van der Waals surface area contributed by atoms with Gasteiger partial charge in [0.25, 0.3) is 0 Å². The monoisotopic (exact) mass is 386 g/mol. The second-order valence-corrected chi connectivity index (χ2v) is 7.58. The molecule has 27 heavy (non-hydrogen) atoms. The van der Waals surface area contributed by atoms with Gasteiger partial charge in [-0.25, -0.2) is 4.98 Å². The molecule has 6 heteroatoms. The number of amides is 1. The summed E-state index contributed by atoms with van der Waals surface area (Å²) < 4.78 is 10.8. The molecule has 0 radical (unpaired) electrons. The summed E-state index contributed by atoms with van der Waals surface area (Å²) in [6, 6.07) is 5.74. The lowest BCUT2D eigenvalue weighted by molar-refractivity contribution is -0.118. The highest BCUT2D eigenvalue weighted by atomic mass is 32.1. The molecule has 5 nitrogen and oxygen atoms in total. The summed E-state index contributed by atoms with van der Waals surface area (Å²) in [7, 11) is 3.23. The van der Waals surface area contributed by atoms with Crippen LogP contribution in [0.3, 0.4) is 0 Å². The van der Waals surface area contributed by atoms with Crippen LogP contribution in [0, 0.1) is 0 Å². The van der Waals surface area contributed by atoms with Crippen LogP contribution in [0.5, 0.6) is 11.5 Å². The summed E-state index contributed by atoms with van der Waals surface area (Å²) in [5.74, 6) is 1.41. The van der Waals surface area contributed by atoms with Gasteiger partial charge in [-0.1, -0.05) is 18.2 Å². The normalized spacial score (nSPS) is 13.0. The number of carbonyl (C=O) groups is 1. The number of thiazole rings is 1. The van der Waals surface area contributed by atoms with Crippen molar-refractivity contribution in [3.05, 3.63) is 47.0 Å². The third kappa shape index (κ3) is 4.33. The van der Waals surface area contributed by atoms with Crippen LogP contribution in [-0.2, 0) is 24.1 Å². The van der Waals surface area contributed by atoms with Gasteiger partial charge in [-0.2, -0.15) is 0 Å². The Morgan fingerprint density at radius 2 is 2.11 bits per heavy atom. The lowest BCUT2D eigenvalue weighted by atomic mass is 10.0. The van der Waals surface area contributed by atoms with E-state index in [2.05, 4.69) is 6.58 Å². The molecule has 0 aliphatic heterocycles. The number of carbonyl (C=O) groups excluding carboxylic acids is 1. The molecule has 0 atom stereocenters. The van der Waals surface area contributed by atoms with Gasteiger partial charge >= 0.3 is 0 Å². The number of hydrogen-bond donors (Lipinski definition) is 0. The zero-order chi connectivity index (χ0) is 19.2. The van der Waals surface area contributed by atoms with E-state index in [1.807, 2.05) is 18.2 Å². The summed E-state index contributed by atoms with van der Waals surface area (Å²) in [5, 5.41) is 0.796. The van der Waals surface area contributed by atoms with E-state index in [0.29, 0.717) is 30.9 Å². The number of methoxy groups -OCH3 is 2. The van der Waals surface area contributed by atoms with Crippen LogP contribution in [0.15, 0.2) is 30.9 Å². The number of hydrogen-bond acceptors (Lipinski definition) is 5. The van der Waals surface area contributed by atoms with Gasteiger partial charge in [0.1, 0.15) is 0 Å². The van der Waals surface area contributed by atoms with Gasteiger partial charge in [-0.05, 0) is 43.7 Å². The highest BCUT2D eigenvalue weighted by Crippen LogP contribution is 2.33. The third-order valence-electron chi connectivity index (χ3n) is 4.77. The van der Waals surface area contributed by atoms with Crippen molar-refractivity contribution >= 4 is 22.4 Å². The van der Waals surface area contributed by atoms with E-state index in [0.717, 1.165) is 29.2 Å². The maximum atomic E-state index is 12.9. The number of aromatic nitrogens is 1. The second-order valence-electron chi connectivity index (χ2n) is 6.52. The molecule has 0 N–H and O–H groups in total. The first-order chi connectivity index (χ1) is 13.2. The van der Waals surface area contributed by atoms with E-state index in [1.165, 1.54) is 17.7 Å². The second kappa shape index (κ2) is 9.04. The summed E-state index contributed by atoms with van der Waals surface area (Å²) in [4.78, 5) is 20.8. The summed E-state index contributed by atoms with van der Waals surface area (Å²) >= 11 is 1.65. The topological polar surface area (TPSA) is 51.7 Å². The molecular weight excluding hydrogens is 360 g/mol. The Labute approximate surface area is 164 Å². The first-order valence-electron chi connectivity index (χ1n) is 9.27. The molecule has 0 unspecified atom stereocenters. The molecule has 1 heterocycles. The smallest absolute Gasteiger partial charge is 0.229 e. The lowest BCUT2D eigenvalue weighted by Gasteiger charge is -2.18. The Morgan fingerprint density at radius 1 is 1.30 bits per heavy atom. The molecule has 0 spiro atoms. The predicted molar refractivity (Wildman–Crippen MR) is 109 cm³/mol. The van der Waals surface area contributed by atoms with E-state index in [-0.39, 0.29) is 5.91 Å². The van der Waals surface area contributed by atoms with Gasteiger partial charge < -0.3 is 9.47 Å². The van der Waals surface area contributed by atoms with Crippen molar-refractivity contribution in [1.29, 1.82) is 0 Å². The maximum absolute atomic E-state index is 12.9. The Hall–Kier alpha value is -2.34. The minimum Gasteiger partial charge on any atom is -0.493 e. The van der Waals surface area contributed by atoms with Crippen molar-refractivity contribution in [1.82, 2.24) is 4.98 Å². The molecule has 1 aromatic carbocycles. The van der Waals surface area contributed by atoms with Gasteiger partial charge in [0.15, 0.2) is 16.6 Å². The number of nitrogens with zero attached hydrogens (tertiary/aromatic N) is 2. The molecule has 0 saturated carbocycles. The molecule has 2 aromatic rings. The van der Waals surface area contributed by atoms with Gasteiger partial charge in [-0.15, -0.1) is 17.9 Å². The van der Waals surface area contributed by atoms with Crippen LogP contribution in [0.1, 0.15) is 35.4 Å². The first-order valence-corrected chi connectivity index (χ1v) is 10.1. The number of benzene rings is 1. The van der Waals surface area contributed by atoms with Crippen molar-refractivity contribution < 1.29 is 14.3 Å². The zero-order valence-corrected chi connectivity index (χ0v) is 16.8. The molecule has 1 amide bonds. The number of rotatable bonds is 8. The molecule has 0 saturated heterocycles. The lowest BCUT2D eigenvalue weighted by Crippen LogP contribution is -2.31. The zero-order valence-electron chi connectivity index (χ0n) is 16.0. The average molecular weight is 387 g/mol. The Morgan fingerprint density at radius 3 is 2.81 bits per heavy atom. The van der Waals surface area contributed by atoms with E-state index in [9.17, 15) is 4.79 Å². The number of anilines is 1. The number of para-hydroxylation sites is 1. The largest absolute Gasteiger partial charge is 0.493 e. The van der Waals surface area contributed by atoms with Crippen molar-refractivity contribution in [3.63, 3.8) is 0 Å². The molecule has 144 valence electrons. The van der Waals surface area contributed by atoms with Crippen LogP contribution < -0.4 is 14.4 Å². The molecule has 1 aliphatic carbocycles. The quantitative estimate of drug-likeness (QED) is 0.638. The fourth-order valence-corrected chi connectivity index (χ4v) is 4.57. The fraction of sp³-hybridized carbons (Fsp3) is 0.429. The van der Waals surface area contributed by atoms with Crippen molar-refractivity contribution in [3.8, 4) is 11.5 Å². The third-order valence-corrected chi connectivity index (χ3v) is 5.95. The van der Waals surface area contributed by atoms with Crippen LogP contribution in [0.2, 0.25) is 0 Å². The molecule has 3 rings (SSSR count). The summed E-state index contributed by atoms with van der Waals surface area (Å²) in [5.41, 5.74) is 2.12. The SMILES string of the molecule is C=CCN(C(=O)CCc1cccc(OC)c1OC)c1nc2c(s1)CCCC2. The number of aryl methyl sites for hydroxylation is 3. The fourth-order valence-electron chi connectivity index (χ4n) is 3.40. The highest BCUT2D eigenvalue weighted by Gasteiger charge is 2.22. The molecule has 0 bridgehead atoms. The van der Waals surface area contributed by atoms with E-state index in [1.54, 1.807) is 36.5 Å². The highest BCUT2D eigenvalue weighted by molar-refractivity contribution is 7.16. The number of fused-ring (bicyclic) bond motifs is 1. The van der Waals surface area contributed by atoms with E-state index < -0.39 is 0 Å². The summed E-state index contributed by atoms with van der Waals surface area (Å²) in [6.45, 7) is 4.28. The van der Waals surface area contributed by atoms with Crippen LogP contribution in [0.4, 0.5) is 5.13 Å². The van der Waals surface area contributed by atoms with Crippen LogP contribution >= 0.6 is 11.3 Å². The summed E-state index contributed by atoms with van der Waals surface area (Å²) in [6.07, 6.45) is 7.19. The van der Waals surface area contributed by atoms with Crippen LogP contribution in [-0.4, -0.2) is 31.7 Å². The molecule has 1 aromatic heterocycles. The first kappa shape index (κ1) is 19.4. The maximum Gasteiger partial charge on any atom is 0.229 e. The molecule has 0 fully saturated rings. The minimum atomic E-state index is 0.0471. The minimum absolute atomic E-state index is 0.0471. The predicted octanol–water partition coefficient (Wildman–Crippen LogP) is 4.19.